The zero-order valence-electron chi connectivity index (χ0n) is 24.0. The zero-order valence-corrected chi connectivity index (χ0v) is 24.8. The maximum atomic E-state index is 13.3. The van der Waals surface area contributed by atoms with Crippen molar-refractivity contribution in [1.29, 1.82) is 0 Å². The van der Waals surface area contributed by atoms with Crippen LogP contribution in [-0.4, -0.2) is 49.5 Å². The van der Waals surface area contributed by atoms with Crippen molar-refractivity contribution in [3.63, 3.8) is 0 Å². The minimum absolute atomic E-state index is 0.324. The topological polar surface area (TPSA) is 137 Å². The monoisotopic (exact) mass is 608 g/mol. The highest BCUT2D eigenvalue weighted by molar-refractivity contribution is 6.30. The van der Waals surface area contributed by atoms with Crippen molar-refractivity contribution in [2.45, 2.75) is 25.8 Å². The van der Waals surface area contributed by atoms with Gasteiger partial charge < -0.3 is 10.1 Å². The first-order valence-corrected chi connectivity index (χ1v) is 14.2. The molecule has 0 radical (unpaired) electrons. The lowest BCUT2D eigenvalue weighted by molar-refractivity contribution is -0.117. The summed E-state index contributed by atoms with van der Waals surface area (Å²) in [5.74, 6) is -0.324. The van der Waals surface area contributed by atoms with Crippen LogP contribution in [0.2, 0.25) is 5.02 Å². The Kier molecular flexibility index (Phi) is 9.68. The summed E-state index contributed by atoms with van der Waals surface area (Å²) in [6, 6.07) is 23.9. The quantitative estimate of drug-likeness (QED) is 0.195. The molecule has 12 heteroatoms. The van der Waals surface area contributed by atoms with E-state index in [-0.39, 0.29) is 5.91 Å². The number of anilines is 1. The number of methoxy groups -OCH3 is 1. The van der Waals surface area contributed by atoms with E-state index in [9.17, 15) is 9.59 Å². The van der Waals surface area contributed by atoms with Gasteiger partial charge in [-0.05, 0) is 76.9 Å². The summed E-state index contributed by atoms with van der Waals surface area (Å²) in [5, 5.41) is 26.7. The number of hydrogen-bond acceptors (Lipinski definition) is 8. The van der Waals surface area contributed by atoms with E-state index < -0.39 is 12.1 Å². The molecule has 222 valence electrons. The Bertz CT molecular complexity index is 1760. The fraction of sp³-hybridized carbons (Fsp3) is 0.156. The number of aryl methyl sites for hydroxylation is 1. The van der Waals surface area contributed by atoms with E-state index in [0.717, 1.165) is 22.4 Å². The van der Waals surface area contributed by atoms with E-state index in [1.54, 1.807) is 36.4 Å². The number of halogens is 1. The average Bonchev–Trinajstić information content (AvgIpc) is 3.59. The molecule has 3 aromatic carbocycles. The van der Waals surface area contributed by atoms with Gasteiger partial charge in [0.15, 0.2) is 0 Å². The van der Waals surface area contributed by atoms with Crippen LogP contribution in [0.25, 0.3) is 22.9 Å². The number of benzene rings is 3. The van der Waals surface area contributed by atoms with Crippen molar-refractivity contribution in [3.05, 3.63) is 119 Å². The normalized spacial score (nSPS) is 11.7. The van der Waals surface area contributed by atoms with E-state index in [4.69, 9.17) is 11.6 Å². The third-order valence-electron chi connectivity index (χ3n) is 6.81. The van der Waals surface area contributed by atoms with Crippen LogP contribution in [-0.2, 0) is 22.4 Å². The first kappa shape index (κ1) is 30.1. The van der Waals surface area contributed by atoms with E-state index in [2.05, 4.69) is 41.1 Å². The zero-order chi connectivity index (χ0) is 30.9. The second kappa shape index (κ2) is 14.2. The molecule has 2 N–H and O–H groups in total. The fourth-order valence-corrected chi connectivity index (χ4v) is 4.80. The number of rotatable bonds is 10. The van der Waals surface area contributed by atoms with Gasteiger partial charge in [0, 0.05) is 27.9 Å². The van der Waals surface area contributed by atoms with Crippen molar-refractivity contribution in [2.24, 2.45) is 0 Å². The molecule has 5 aromatic rings. The van der Waals surface area contributed by atoms with Gasteiger partial charge in [0.2, 0.25) is 5.91 Å². The summed E-state index contributed by atoms with van der Waals surface area (Å²) in [5.41, 5.74) is 6.16. The predicted molar refractivity (Wildman–Crippen MR) is 167 cm³/mol. The Morgan fingerprint density at radius 1 is 1.02 bits per heavy atom. The summed E-state index contributed by atoms with van der Waals surface area (Å²) >= 11 is 6.24. The molecule has 44 heavy (non-hydrogen) atoms. The highest BCUT2D eigenvalue weighted by atomic mass is 35.5. The Morgan fingerprint density at radius 3 is 2.52 bits per heavy atom. The molecule has 5 rings (SSSR count). The highest BCUT2D eigenvalue weighted by Crippen LogP contribution is 2.28. The van der Waals surface area contributed by atoms with E-state index in [1.807, 2.05) is 55.5 Å². The van der Waals surface area contributed by atoms with Gasteiger partial charge in [0.1, 0.15) is 6.33 Å². The van der Waals surface area contributed by atoms with E-state index in [1.165, 1.54) is 24.2 Å². The molecule has 0 spiro atoms. The maximum absolute atomic E-state index is 13.3. The molecule has 1 atom stereocenters. The van der Waals surface area contributed by atoms with Gasteiger partial charge in [0.25, 0.3) is 0 Å². The first-order valence-electron chi connectivity index (χ1n) is 13.8. The van der Waals surface area contributed by atoms with Gasteiger partial charge >= 0.3 is 6.09 Å². The lowest BCUT2D eigenvalue weighted by Crippen LogP contribution is -2.29. The van der Waals surface area contributed by atoms with Gasteiger partial charge in [0.05, 0.1) is 30.2 Å². The number of hydrogen-bond donors (Lipinski definition) is 2. The number of nitrogens with one attached hydrogen (secondary N) is 2. The number of ether oxygens (including phenoxy) is 1. The molecule has 11 nitrogen and oxygen atoms in total. The van der Waals surface area contributed by atoms with Crippen LogP contribution in [0.15, 0.2) is 91.3 Å². The van der Waals surface area contributed by atoms with Crippen LogP contribution in [0.4, 0.5) is 10.5 Å². The van der Waals surface area contributed by atoms with Crippen LogP contribution < -0.4 is 10.6 Å². The van der Waals surface area contributed by atoms with Crippen molar-refractivity contribution < 1.29 is 14.3 Å². The minimum Gasteiger partial charge on any atom is -0.453 e. The number of carbonyl (C=O) groups excluding carboxylic acids is 2. The molecule has 0 aliphatic carbocycles. The summed E-state index contributed by atoms with van der Waals surface area (Å²) in [7, 11) is 1.31. The second-order valence-corrected chi connectivity index (χ2v) is 10.2. The van der Waals surface area contributed by atoms with Gasteiger partial charge in [-0.3, -0.25) is 10.1 Å². The molecule has 2 amide bonds. The summed E-state index contributed by atoms with van der Waals surface area (Å²) < 4.78 is 6.17. The first-order chi connectivity index (χ1) is 21.4. The van der Waals surface area contributed by atoms with Gasteiger partial charge in [-0.2, -0.15) is 14.9 Å². The van der Waals surface area contributed by atoms with E-state index >= 15 is 0 Å². The fourth-order valence-electron chi connectivity index (χ4n) is 4.62. The number of aromatic nitrogens is 6. The Hall–Kier alpha value is -5.42. The van der Waals surface area contributed by atoms with Gasteiger partial charge in [-0.15, -0.1) is 5.10 Å². The Morgan fingerprint density at radius 2 is 1.82 bits per heavy atom. The molecule has 0 aliphatic heterocycles. The molecule has 0 saturated carbocycles. The molecule has 0 aliphatic rings. The molecule has 2 aromatic heterocycles. The summed E-state index contributed by atoms with van der Waals surface area (Å²) in [6.45, 7) is 2.01. The lowest BCUT2D eigenvalue weighted by Gasteiger charge is -2.19. The van der Waals surface area contributed by atoms with E-state index in [0.29, 0.717) is 40.5 Å². The van der Waals surface area contributed by atoms with Crippen LogP contribution in [0, 0.1) is 0 Å². The van der Waals surface area contributed by atoms with Gasteiger partial charge in [-0.1, -0.05) is 61.0 Å². The lowest BCUT2D eigenvalue weighted by atomic mass is 9.98. The molecular weight excluding hydrogens is 580 g/mol. The molecule has 0 saturated heterocycles. The van der Waals surface area contributed by atoms with Crippen molar-refractivity contribution in [1.82, 2.24) is 35.7 Å². The number of nitrogens with zero attached hydrogens (tertiary/aromatic N) is 6. The Labute approximate surface area is 258 Å². The molecule has 0 unspecified atom stereocenters. The van der Waals surface area contributed by atoms with Crippen molar-refractivity contribution >= 4 is 35.4 Å². The van der Waals surface area contributed by atoms with Crippen LogP contribution in [0.5, 0.6) is 0 Å². The van der Waals surface area contributed by atoms with Gasteiger partial charge in [-0.25, -0.2) is 4.79 Å². The summed E-state index contributed by atoms with van der Waals surface area (Å²) in [4.78, 5) is 24.9. The summed E-state index contributed by atoms with van der Waals surface area (Å²) in [6.07, 6.45) is 5.19. The van der Waals surface area contributed by atoms with Crippen LogP contribution >= 0.6 is 11.6 Å². The molecule has 0 bridgehead atoms. The predicted octanol–water partition coefficient (Wildman–Crippen LogP) is 5.63. The molecular formula is C32H29ClN8O3. The highest BCUT2D eigenvalue weighted by Gasteiger charge is 2.19. The standard InChI is InChI=1S/C32H29ClN8O3/c1-3-27-26(22-9-13-25(14-10-22)35-32(43)44-2)19-29(38-37-27)28(17-21-7-5-4-6-8-21)36-31(42)16-11-23-18-24(33)12-15-30(23)41-20-34-39-40-41/h4-16,18-20,28H,3,17H2,1-2H3,(H,35,43)(H,36,42)/b16-11+/t28-/m0/s1. The Balaban J connectivity index is 1.44. The SMILES string of the molecule is CCc1nnc([C@H](Cc2ccccc2)NC(=O)/C=C/c2cc(Cl)ccc2-n2cnnn2)cc1-c1ccc(NC(=O)OC)cc1. The second-order valence-electron chi connectivity index (χ2n) is 9.72. The van der Waals surface area contributed by atoms with Crippen molar-refractivity contribution in [2.75, 3.05) is 12.4 Å². The largest absolute Gasteiger partial charge is 0.453 e. The number of tetrazole rings is 1. The van der Waals surface area contributed by atoms with Crippen molar-refractivity contribution in [3.8, 4) is 16.8 Å². The average molecular weight is 609 g/mol. The molecule has 0 fully saturated rings. The third-order valence-corrected chi connectivity index (χ3v) is 7.04. The smallest absolute Gasteiger partial charge is 0.411 e. The minimum atomic E-state index is -0.546. The maximum Gasteiger partial charge on any atom is 0.411 e. The molecule has 2 heterocycles. The van der Waals surface area contributed by atoms with Crippen LogP contribution in [0.1, 0.15) is 35.5 Å². The number of amides is 2. The number of carbonyl (C=O) groups is 2. The van der Waals surface area contributed by atoms with Crippen LogP contribution in [0.3, 0.4) is 0 Å². The third kappa shape index (κ3) is 7.50.